The zero-order chi connectivity index (χ0) is 26.6. The van der Waals surface area contributed by atoms with Crippen molar-refractivity contribution >= 4 is 22.6 Å². The van der Waals surface area contributed by atoms with Crippen LogP contribution in [0.1, 0.15) is 80.4 Å². The fraction of sp³-hybridized carbons (Fsp3) is 0.600. The second-order valence-electron chi connectivity index (χ2n) is 11.1. The summed E-state index contributed by atoms with van der Waals surface area (Å²) in [6, 6.07) is 7.37. The molecular formula is C30H43N7O. The maximum atomic E-state index is 12.9. The zero-order valence-electron chi connectivity index (χ0n) is 23.6. The summed E-state index contributed by atoms with van der Waals surface area (Å²) in [5.74, 6) is 0.833. The van der Waals surface area contributed by atoms with Gasteiger partial charge in [-0.05, 0) is 50.3 Å². The van der Waals surface area contributed by atoms with E-state index in [9.17, 15) is 4.79 Å². The predicted molar refractivity (Wildman–Crippen MR) is 153 cm³/mol. The van der Waals surface area contributed by atoms with Gasteiger partial charge in [0.2, 0.25) is 0 Å². The van der Waals surface area contributed by atoms with Crippen LogP contribution in [-0.4, -0.2) is 81.5 Å². The molecule has 5 rings (SSSR count). The van der Waals surface area contributed by atoms with Crippen molar-refractivity contribution in [3.63, 3.8) is 0 Å². The van der Waals surface area contributed by atoms with E-state index in [1.54, 1.807) is 4.90 Å². The van der Waals surface area contributed by atoms with Gasteiger partial charge in [-0.1, -0.05) is 26.7 Å². The number of hydrogen-bond acceptors (Lipinski definition) is 6. The third kappa shape index (κ3) is 5.55. The molecule has 8 nitrogen and oxygen atoms in total. The Hall–Kier alpha value is -3.00. The average Bonchev–Trinajstić information content (AvgIpc) is 3.60. The second-order valence-corrected chi connectivity index (χ2v) is 11.1. The van der Waals surface area contributed by atoms with Crippen LogP contribution in [0.4, 0.5) is 5.69 Å². The van der Waals surface area contributed by atoms with Gasteiger partial charge in [0.25, 0.3) is 5.91 Å². The van der Waals surface area contributed by atoms with Crippen molar-refractivity contribution in [2.45, 2.75) is 77.3 Å². The molecule has 1 aliphatic heterocycles. The van der Waals surface area contributed by atoms with Crippen molar-refractivity contribution in [3.05, 3.63) is 47.8 Å². The molecule has 1 saturated carbocycles. The van der Waals surface area contributed by atoms with Crippen LogP contribution in [0.15, 0.2) is 30.6 Å². The molecule has 0 unspecified atom stereocenters. The number of aromatic nitrogens is 4. The average molecular weight is 518 g/mol. The molecule has 2 aliphatic rings. The van der Waals surface area contributed by atoms with Crippen molar-refractivity contribution in [3.8, 4) is 0 Å². The fourth-order valence-electron chi connectivity index (χ4n) is 6.23. The Kier molecular flexibility index (Phi) is 8.27. The van der Waals surface area contributed by atoms with Gasteiger partial charge < -0.3 is 14.4 Å². The minimum Gasteiger partial charge on any atom is -0.368 e. The lowest BCUT2D eigenvalue weighted by Crippen LogP contribution is -2.50. The number of carbonyl (C=O) groups is 1. The summed E-state index contributed by atoms with van der Waals surface area (Å²) in [6.07, 6.45) is 12.5. The largest absolute Gasteiger partial charge is 0.368 e. The fourth-order valence-corrected chi connectivity index (χ4v) is 6.23. The van der Waals surface area contributed by atoms with Crippen molar-refractivity contribution in [1.82, 2.24) is 29.3 Å². The van der Waals surface area contributed by atoms with Crippen LogP contribution in [-0.2, 0) is 12.8 Å². The molecular weight excluding hydrogens is 474 g/mol. The number of anilines is 1. The van der Waals surface area contributed by atoms with E-state index in [1.165, 1.54) is 31.4 Å². The number of piperazine rings is 1. The first-order chi connectivity index (χ1) is 18.5. The molecule has 0 radical (unpaired) electrons. The van der Waals surface area contributed by atoms with Crippen LogP contribution in [0, 0.1) is 0 Å². The lowest BCUT2D eigenvalue weighted by Gasteiger charge is -2.39. The summed E-state index contributed by atoms with van der Waals surface area (Å²) in [5.41, 5.74) is 3.88. The summed E-state index contributed by atoms with van der Waals surface area (Å²) < 4.78 is 2.19. The van der Waals surface area contributed by atoms with Gasteiger partial charge in [-0.25, -0.2) is 9.97 Å². The van der Waals surface area contributed by atoms with E-state index >= 15 is 0 Å². The standard InChI is InChI=1S/C30H43N7O/c1-5-24(6-2)35-15-17-36(18-16-35)26-13-11-23(31-21-26)12-14-28-32-20-22-19-27(30(38)34(3)4)37(29(22)33-28)25-9-7-8-10-25/h11,13,19-21,24-25H,5-10,12,14-18H2,1-4H3. The van der Waals surface area contributed by atoms with Gasteiger partial charge in [-0.3, -0.25) is 14.7 Å². The molecule has 1 amide bonds. The number of rotatable bonds is 9. The van der Waals surface area contributed by atoms with Gasteiger partial charge in [0.1, 0.15) is 17.2 Å². The first-order valence-electron chi connectivity index (χ1n) is 14.5. The van der Waals surface area contributed by atoms with Crippen molar-refractivity contribution in [2.24, 2.45) is 0 Å². The Balaban J connectivity index is 1.26. The Morgan fingerprint density at radius 1 is 1.00 bits per heavy atom. The van der Waals surface area contributed by atoms with Gasteiger partial charge in [0.15, 0.2) is 0 Å². The van der Waals surface area contributed by atoms with Crippen LogP contribution in [0.25, 0.3) is 11.0 Å². The number of hydrogen-bond donors (Lipinski definition) is 0. The van der Waals surface area contributed by atoms with Crippen LogP contribution < -0.4 is 4.90 Å². The lowest BCUT2D eigenvalue weighted by molar-refractivity contribution is 0.0815. The Bertz CT molecular complexity index is 1220. The molecule has 3 aromatic rings. The first kappa shape index (κ1) is 26.6. The Labute approximate surface area is 227 Å². The van der Waals surface area contributed by atoms with E-state index in [-0.39, 0.29) is 5.91 Å². The number of carbonyl (C=O) groups excluding carboxylic acids is 1. The molecule has 204 valence electrons. The highest BCUT2D eigenvalue weighted by molar-refractivity contribution is 5.97. The number of fused-ring (bicyclic) bond motifs is 1. The third-order valence-electron chi connectivity index (χ3n) is 8.49. The summed E-state index contributed by atoms with van der Waals surface area (Å²) in [7, 11) is 3.62. The van der Waals surface area contributed by atoms with Gasteiger partial charge in [0, 0.05) is 76.1 Å². The minimum atomic E-state index is 0.0256. The summed E-state index contributed by atoms with van der Waals surface area (Å²) in [6.45, 7) is 8.96. The summed E-state index contributed by atoms with van der Waals surface area (Å²) >= 11 is 0. The van der Waals surface area contributed by atoms with Gasteiger partial charge in [-0.15, -0.1) is 0 Å². The molecule has 0 bridgehead atoms. The van der Waals surface area contributed by atoms with Crippen LogP contribution in [0.5, 0.6) is 0 Å². The van der Waals surface area contributed by atoms with E-state index in [4.69, 9.17) is 9.97 Å². The summed E-state index contributed by atoms with van der Waals surface area (Å²) in [5, 5.41) is 0.942. The van der Waals surface area contributed by atoms with Crippen molar-refractivity contribution in [2.75, 3.05) is 45.2 Å². The maximum Gasteiger partial charge on any atom is 0.270 e. The quantitative estimate of drug-likeness (QED) is 0.408. The Morgan fingerprint density at radius 3 is 2.37 bits per heavy atom. The number of aryl methyl sites for hydroxylation is 2. The van der Waals surface area contributed by atoms with Gasteiger partial charge >= 0.3 is 0 Å². The second kappa shape index (κ2) is 11.8. The third-order valence-corrected chi connectivity index (χ3v) is 8.49. The van der Waals surface area contributed by atoms with E-state index < -0.39 is 0 Å². The summed E-state index contributed by atoms with van der Waals surface area (Å²) in [4.78, 5) is 34.1. The molecule has 0 spiro atoms. The molecule has 1 saturated heterocycles. The number of pyridine rings is 1. The van der Waals surface area contributed by atoms with Crippen molar-refractivity contribution < 1.29 is 4.79 Å². The topological polar surface area (TPSA) is 70.4 Å². The molecule has 0 atom stereocenters. The molecule has 4 heterocycles. The smallest absolute Gasteiger partial charge is 0.270 e. The monoisotopic (exact) mass is 517 g/mol. The molecule has 8 heteroatoms. The van der Waals surface area contributed by atoms with E-state index in [0.29, 0.717) is 12.1 Å². The molecule has 38 heavy (non-hydrogen) atoms. The molecule has 0 aromatic carbocycles. The SMILES string of the molecule is CCC(CC)N1CCN(c2ccc(CCc3ncc4cc(C(=O)N(C)C)n(C5CCCC5)c4n3)nc2)CC1. The van der Waals surface area contributed by atoms with Crippen LogP contribution in [0.2, 0.25) is 0 Å². The van der Waals surface area contributed by atoms with E-state index in [0.717, 1.165) is 80.1 Å². The van der Waals surface area contributed by atoms with E-state index in [2.05, 4.69) is 45.3 Å². The highest BCUT2D eigenvalue weighted by Gasteiger charge is 2.26. The Morgan fingerprint density at radius 2 is 1.74 bits per heavy atom. The highest BCUT2D eigenvalue weighted by Crippen LogP contribution is 2.34. The van der Waals surface area contributed by atoms with Crippen molar-refractivity contribution in [1.29, 1.82) is 0 Å². The molecule has 2 fully saturated rings. The highest BCUT2D eigenvalue weighted by atomic mass is 16.2. The van der Waals surface area contributed by atoms with Crippen LogP contribution >= 0.6 is 0 Å². The lowest BCUT2D eigenvalue weighted by atomic mass is 10.1. The number of nitrogens with zero attached hydrogens (tertiary/aromatic N) is 7. The van der Waals surface area contributed by atoms with Crippen LogP contribution in [0.3, 0.4) is 0 Å². The van der Waals surface area contributed by atoms with Gasteiger partial charge in [0.05, 0.1) is 11.9 Å². The number of amides is 1. The van der Waals surface area contributed by atoms with E-state index in [1.807, 2.05) is 32.6 Å². The first-order valence-corrected chi connectivity index (χ1v) is 14.5. The molecule has 3 aromatic heterocycles. The zero-order valence-corrected chi connectivity index (χ0v) is 23.6. The molecule has 0 N–H and O–H groups in total. The minimum absolute atomic E-state index is 0.0256. The normalized spacial score (nSPS) is 17.1. The predicted octanol–water partition coefficient (Wildman–Crippen LogP) is 4.74. The van der Waals surface area contributed by atoms with Gasteiger partial charge in [-0.2, -0.15) is 0 Å². The maximum absolute atomic E-state index is 12.9. The molecule has 1 aliphatic carbocycles.